The molecular formula is C19H18N2O2. The fraction of sp³-hybridized carbons (Fsp3) is 0.211. The molecule has 1 aromatic heterocycles. The van der Waals surface area contributed by atoms with Crippen molar-refractivity contribution in [2.24, 2.45) is 0 Å². The standard InChI is InChI=1S/C19H18N2O2/c22-19(23)16-12-21(10-13-6-2-1-3-7-13)11-15-14-8-4-5-9-17(14)20-18(15)16/h1-9,16,20H,10-12H2,(H,22,23). The van der Waals surface area contributed by atoms with Crippen molar-refractivity contribution in [3.05, 3.63) is 71.4 Å². The number of nitrogens with one attached hydrogen (secondary N) is 1. The summed E-state index contributed by atoms with van der Waals surface area (Å²) < 4.78 is 0. The molecular weight excluding hydrogens is 288 g/mol. The first-order valence-electron chi connectivity index (χ1n) is 7.81. The summed E-state index contributed by atoms with van der Waals surface area (Å²) in [5.41, 5.74) is 4.21. The molecule has 0 fully saturated rings. The van der Waals surface area contributed by atoms with Crippen LogP contribution in [0.3, 0.4) is 0 Å². The van der Waals surface area contributed by atoms with Crippen LogP contribution in [0.1, 0.15) is 22.7 Å². The average Bonchev–Trinajstić information content (AvgIpc) is 2.93. The zero-order valence-electron chi connectivity index (χ0n) is 12.7. The average molecular weight is 306 g/mol. The van der Waals surface area contributed by atoms with Gasteiger partial charge in [0, 0.05) is 36.2 Å². The minimum Gasteiger partial charge on any atom is -0.481 e. The van der Waals surface area contributed by atoms with Crippen LogP contribution in [0, 0.1) is 0 Å². The van der Waals surface area contributed by atoms with Crippen molar-refractivity contribution in [2.45, 2.75) is 19.0 Å². The number of carboxylic acids is 1. The summed E-state index contributed by atoms with van der Waals surface area (Å²) in [5, 5.41) is 10.8. The van der Waals surface area contributed by atoms with Crippen LogP contribution in [0.25, 0.3) is 10.9 Å². The van der Waals surface area contributed by atoms with E-state index in [-0.39, 0.29) is 0 Å². The predicted octanol–water partition coefficient (Wildman–Crippen LogP) is 3.35. The van der Waals surface area contributed by atoms with Gasteiger partial charge in [-0.15, -0.1) is 0 Å². The van der Waals surface area contributed by atoms with Gasteiger partial charge < -0.3 is 10.1 Å². The van der Waals surface area contributed by atoms with Crippen molar-refractivity contribution in [2.75, 3.05) is 6.54 Å². The molecule has 0 aliphatic carbocycles. The Balaban J connectivity index is 1.73. The van der Waals surface area contributed by atoms with Gasteiger partial charge in [0.25, 0.3) is 0 Å². The predicted molar refractivity (Wildman–Crippen MR) is 89.2 cm³/mol. The molecule has 4 rings (SSSR count). The molecule has 1 aliphatic rings. The van der Waals surface area contributed by atoms with E-state index in [1.165, 1.54) is 5.56 Å². The van der Waals surface area contributed by atoms with E-state index in [1.807, 2.05) is 36.4 Å². The highest BCUT2D eigenvalue weighted by Crippen LogP contribution is 2.34. The minimum absolute atomic E-state index is 0.505. The first-order chi connectivity index (χ1) is 11.2. The monoisotopic (exact) mass is 306 g/mol. The van der Waals surface area contributed by atoms with Crippen molar-refractivity contribution in [1.29, 1.82) is 0 Å². The Morgan fingerprint density at radius 1 is 1.13 bits per heavy atom. The number of hydrogen-bond acceptors (Lipinski definition) is 2. The summed E-state index contributed by atoms with van der Waals surface area (Å²) in [6.07, 6.45) is 0. The van der Waals surface area contributed by atoms with Crippen LogP contribution in [0.4, 0.5) is 0 Å². The second kappa shape index (κ2) is 5.56. The van der Waals surface area contributed by atoms with Crippen LogP contribution < -0.4 is 0 Å². The number of benzene rings is 2. The molecule has 2 N–H and O–H groups in total. The number of carboxylic acid groups (broad SMARTS) is 1. The van der Waals surface area contributed by atoms with Crippen LogP contribution in [-0.4, -0.2) is 27.5 Å². The van der Waals surface area contributed by atoms with Crippen LogP contribution in [0.2, 0.25) is 0 Å². The van der Waals surface area contributed by atoms with E-state index in [0.717, 1.165) is 35.2 Å². The summed E-state index contributed by atoms with van der Waals surface area (Å²) in [4.78, 5) is 17.3. The van der Waals surface area contributed by atoms with E-state index in [2.05, 4.69) is 28.1 Å². The van der Waals surface area contributed by atoms with Gasteiger partial charge in [-0.2, -0.15) is 0 Å². The molecule has 3 aromatic rings. The van der Waals surface area contributed by atoms with Gasteiger partial charge in [0.1, 0.15) is 5.92 Å². The molecule has 0 amide bonds. The molecule has 1 unspecified atom stereocenters. The molecule has 0 saturated heterocycles. The first kappa shape index (κ1) is 14.0. The Morgan fingerprint density at radius 2 is 1.87 bits per heavy atom. The smallest absolute Gasteiger partial charge is 0.313 e. The van der Waals surface area contributed by atoms with E-state index in [9.17, 15) is 9.90 Å². The third kappa shape index (κ3) is 2.51. The number of carbonyl (C=O) groups is 1. The highest BCUT2D eigenvalue weighted by Gasteiger charge is 2.33. The number of aliphatic carboxylic acids is 1. The molecule has 2 heterocycles. The molecule has 1 atom stereocenters. The van der Waals surface area contributed by atoms with Crippen LogP contribution in [-0.2, 0) is 17.9 Å². The maximum Gasteiger partial charge on any atom is 0.313 e. The van der Waals surface area contributed by atoms with Crippen molar-refractivity contribution in [3.8, 4) is 0 Å². The second-order valence-corrected chi connectivity index (χ2v) is 6.11. The quantitative estimate of drug-likeness (QED) is 0.780. The summed E-state index contributed by atoms with van der Waals surface area (Å²) in [5.74, 6) is -1.27. The lowest BCUT2D eigenvalue weighted by Crippen LogP contribution is -2.36. The largest absolute Gasteiger partial charge is 0.481 e. The highest BCUT2D eigenvalue weighted by molar-refractivity contribution is 5.88. The Bertz CT molecular complexity index is 854. The molecule has 4 heteroatoms. The molecule has 1 aliphatic heterocycles. The summed E-state index contributed by atoms with van der Waals surface area (Å²) in [7, 11) is 0. The van der Waals surface area contributed by atoms with Gasteiger partial charge in [-0.3, -0.25) is 9.69 Å². The number of H-pyrrole nitrogens is 1. The normalized spacial score (nSPS) is 18.0. The van der Waals surface area contributed by atoms with E-state index in [0.29, 0.717) is 6.54 Å². The first-order valence-corrected chi connectivity index (χ1v) is 7.81. The Hall–Kier alpha value is -2.59. The van der Waals surface area contributed by atoms with E-state index < -0.39 is 11.9 Å². The minimum atomic E-state index is -0.768. The van der Waals surface area contributed by atoms with Gasteiger partial charge in [-0.1, -0.05) is 48.5 Å². The van der Waals surface area contributed by atoms with E-state index in [4.69, 9.17) is 0 Å². The maximum absolute atomic E-state index is 11.7. The Morgan fingerprint density at radius 3 is 2.65 bits per heavy atom. The number of nitrogens with zero attached hydrogens (tertiary/aromatic N) is 1. The van der Waals surface area contributed by atoms with Crippen LogP contribution in [0.5, 0.6) is 0 Å². The fourth-order valence-electron chi connectivity index (χ4n) is 3.49. The van der Waals surface area contributed by atoms with E-state index in [1.54, 1.807) is 0 Å². The number of rotatable bonds is 3. The maximum atomic E-state index is 11.7. The summed E-state index contributed by atoms with van der Waals surface area (Å²) in [6.45, 7) is 2.08. The van der Waals surface area contributed by atoms with Gasteiger partial charge in [0.15, 0.2) is 0 Å². The van der Waals surface area contributed by atoms with Crippen molar-refractivity contribution < 1.29 is 9.90 Å². The molecule has 0 saturated carbocycles. The molecule has 0 spiro atoms. The Labute approximate surface area is 134 Å². The van der Waals surface area contributed by atoms with Gasteiger partial charge >= 0.3 is 5.97 Å². The molecule has 0 bridgehead atoms. The Kier molecular flexibility index (Phi) is 3.39. The lowest BCUT2D eigenvalue weighted by molar-refractivity contribution is -0.139. The zero-order chi connectivity index (χ0) is 15.8. The fourth-order valence-corrected chi connectivity index (χ4v) is 3.49. The third-order valence-electron chi connectivity index (χ3n) is 4.56. The molecule has 0 radical (unpaired) electrons. The third-order valence-corrected chi connectivity index (χ3v) is 4.56. The molecule has 116 valence electrons. The highest BCUT2D eigenvalue weighted by atomic mass is 16.4. The summed E-state index contributed by atoms with van der Waals surface area (Å²) in [6, 6.07) is 18.3. The van der Waals surface area contributed by atoms with E-state index >= 15 is 0 Å². The van der Waals surface area contributed by atoms with Gasteiger partial charge in [0.2, 0.25) is 0 Å². The van der Waals surface area contributed by atoms with Gasteiger partial charge in [-0.05, 0) is 17.2 Å². The van der Waals surface area contributed by atoms with Crippen LogP contribution >= 0.6 is 0 Å². The summed E-state index contributed by atoms with van der Waals surface area (Å²) >= 11 is 0. The number of hydrogen-bond donors (Lipinski definition) is 2. The van der Waals surface area contributed by atoms with Crippen LogP contribution in [0.15, 0.2) is 54.6 Å². The topological polar surface area (TPSA) is 56.3 Å². The molecule has 2 aromatic carbocycles. The zero-order valence-corrected chi connectivity index (χ0v) is 12.7. The van der Waals surface area contributed by atoms with Crippen molar-refractivity contribution in [1.82, 2.24) is 9.88 Å². The SMILES string of the molecule is O=C(O)C1CN(Cc2ccccc2)Cc2c1[nH]c1ccccc21. The van der Waals surface area contributed by atoms with Gasteiger partial charge in [-0.25, -0.2) is 0 Å². The lowest BCUT2D eigenvalue weighted by Gasteiger charge is -2.31. The number of aromatic nitrogens is 1. The van der Waals surface area contributed by atoms with Crippen molar-refractivity contribution >= 4 is 16.9 Å². The van der Waals surface area contributed by atoms with Crippen molar-refractivity contribution in [3.63, 3.8) is 0 Å². The second-order valence-electron chi connectivity index (χ2n) is 6.11. The number of para-hydroxylation sites is 1. The number of fused-ring (bicyclic) bond motifs is 3. The van der Waals surface area contributed by atoms with Gasteiger partial charge in [0.05, 0.1) is 0 Å². The number of aromatic amines is 1. The molecule has 23 heavy (non-hydrogen) atoms. The lowest BCUT2D eigenvalue weighted by atomic mass is 9.94. The molecule has 4 nitrogen and oxygen atoms in total.